The SMILES string of the molecule is O=C(CCNC(=O)[C@@H]1CC(=O)N(c2ccc(F)cc2)C1)Nc1ccc2c(c1)OCCO2. The lowest BCUT2D eigenvalue weighted by Gasteiger charge is -2.19. The zero-order valence-corrected chi connectivity index (χ0v) is 16.7. The summed E-state index contributed by atoms with van der Waals surface area (Å²) in [5.41, 5.74) is 1.14. The molecule has 2 aromatic rings. The average Bonchev–Trinajstić information content (AvgIpc) is 3.16. The van der Waals surface area contributed by atoms with Gasteiger partial charge in [-0.15, -0.1) is 0 Å². The number of carbonyl (C=O) groups excluding carboxylic acids is 3. The molecule has 4 rings (SSSR count). The van der Waals surface area contributed by atoms with Crippen LogP contribution in [0.1, 0.15) is 12.8 Å². The first-order valence-corrected chi connectivity index (χ1v) is 10.0. The Kier molecular flexibility index (Phi) is 6.01. The topological polar surface area (TPSA) is 97.0 Å². The maximum atomic E-state index is 13.1. The molecule has 8 nitrogen and oxygen atoms in total. The van der Waals surface area contributed by atoms with E-state index in [2.05, 4.69) is 10.6 Å². The third-order valence-corrected chi connectivity index (χ3v) is 5.11. The Morgan fingerprint density at radius 3 is 2.58 bits per heavy atom. The van der Waals surface area contributed by atoms with Gasteiger partial charge >= 0.3 is 0 Å². The molecule has 1 saturated heterocycles. The van der Waals surface area contributed by atoms with E-state index in [9.17, 15) is 18.8 Å². The monoisotopic (exact) mass is 427 g/mol. The van der Waals surface area contributed by atoms with E-state index in [-0.39, 0.29) is 49.5 Å². The van der Waals surface area contributed by atoms with Gasteiger partial charge in [-0.1, -0.05) is 0 Å². The van der Waals surface area contributed by atoms with Crippen LogP contribution in [-0.2, 0) is 14.4 Å². The van der Waals surface area contributed by atoms with Crippen LogP contribution < -0.4 is 25.0 Å². The van der Waals surface area contributed by atoms with Gasteiger partial charge in [0.15, 0.2) is 11.5 Å². The summed E-state index contributed by atoms with van der Waals surface area (Å²) in [6.07, 6.45) is 0.162. The first kappa shape index (κ1) is 20.6. The van der Waals surface area contributed by atoms with Crippen molar-refractivity contribution in [1.29, 1.82) is 0 Å². The molecule has 31 heavy (non-hydrogen) atoms. The molecule has 2 aliphatic heterocycles. The van der Waals surface area contributed by atoms with Gasteiger partial charge in [-0.05, 0) is 36.4 Å². The molecule has 0 aromatic heterocycles. The number of benzene rings is 2. The van der Waals surface area contributed by atoms with Crippen LogP contribution in [0.25, 0.3) is 0 Å². The minimum absolute atomic E-state index is 0.0760. The first-order valence-electron chi connectivity index (χ1n) is 10.0. The molecule has 3 amide bonds. The molecule has 2 N–H and O–H groups in total. The maximum Gasteiger partial charge on any atom is 0.227 e. The predicted molar refractivity (Wildman–Crippen MR) is 111 cm³/mol. The van der Waals surface area contributed by atoms with E-state index in [4.69, 9.17) is 9.47 Å². The minimum Gasteiger partial charge on any atom is -0.486 e. The lowest BCUT2D eigenvalue weighted by molar-refractivity contribution is -0.126. The Hall–Kier alpha value is -3.62. The summed E-state index contributed by atoms with van der Waals surface area (Å²) in [4.78, 5) is 38.3. The Morgan fingerprint density at radius 1 is 1.06 bits per heavy atom. The molecule has 1 fully saturated rings. The van der Waals surface area contributed by atoms with Crippen LogP contribution in [0.15, 0.2) is 42.5 Å². The summed E-state index contributed by atoms with van der Waals surface area (Å²) < 4.78 is 24.0. The Bertz CT molecular complexity index is 995. The quantitative estimate of drug-likeness (QED) is 0.736. The number of hydrogen-bond acceptors (Lipinski definition) is 5. The molecule has 0 spiro atoms. The number of nitrogens with one attached hydrogen (secondary N) is 2. The lowest BCUT2D eigenvalue weighted by atomic mass is 10.1. The lowest BCUT2D eigenvalue weighted by Crippen LogP contribution is -2.34. The molecule has 2 heterocycles. The van der Waals surface area contributed by atoms with Gasteiger partial charge in [-0.3, -0.25) is 14.4 Å². The van der Waals surface area contributed by atoms with Gasteiger partial charge in [0.05, 0.1) is 5.92 Å². The fourth-order valence-electron chi connectivity index (χ4n) is 3.54. The zero-order valence-electron chi connectivity index (χ0n) is 16.7. The smallest absolute Gasteiger partial charge is 0.227 e. The third kappa shape index (κ3) is 4.93. The van der Waals surface area contributed by atoms with E-state index in [1.54, 1.807) is 18.2 Å². The van der Waals surface area contributed by atoms with Crippen LogP contribution >= 0.6 is 0 Å². The highest BCUT2D eigenvalue weighted by Gasteiger charge is 2.35. The Morgan fingerprint density at radius 2 is 1.81 bits per heavy atom. The molecule has 0 radical (unpaired) electrons. The summed E-state index contributed by atoms with van der Waals surface area (Å²) in [5.74, 6) is -0.426. The number of anilines is 2. The number of nitrogens with zero attached hydrogens (tertiary/aromatic N) is 1. The summed E-state index contributed by atoms with van der Waals surface area (Å²) in [5, 5.41) is 5.47. The predicted octanol–water partition coefficient (Wildman–Crippen LogP) is 2.09. The van der Waals surface area contributed by atoms with Crippen LogP contribution in [0, 0.1) is 11.7 Å². The standard InChI is InChI=1S/C22H22FN3O5/c23-15-1-4-17(5-2-15)26-13-14(11-21(26)28)22(29)24-8-7-20(27)25-16-3-6-18-19(12-16)31-10-9-30-18/h1-6,12,14H,7-11,13H2,(H,24,29)(H,25,27)/t14-/m1/s1. The van der Waals surface area contributed by atoms with E-state index in [0.717, 1.165) is 0 Å². The van der Waals surface area contributed by atoms with Crippen molar-refractivity contribution in [2.24, 2.45) is 5.92 Å². The number of rotatable bonds is 6. The highest BCUT2D eigenvalue weighted by Crippen LogP contribution is 2.32. The summed E-state index contributed by atoms with van der Waals surface area (Å²) in [6, 6.07) is 10.7. The minimum atomic E-state index is -0.515. The van der Waals surface area contributed by atoms with Crippen LogP contribution in [-0.4, -0.2) is 44.0 Å². The summed E-state index contributed by atoms with van der Waals surface area (Å²) in [6.45, 7) is 1.32. The number of hydrogen-bond donors (Lipinski definition) is 2. The van der Waals surface area contributed by atoms with Gasteiger partial charge in [0.25, 0.3) is 0 Å². The normalized spacial score (nSPS) is 17.4. The van der Waals surface area contributed by atoms with Crippen molar-refractivity contribution in [1.82, 2.24) is 5.32 Å². The zero-order chi connectivity index (χ0) is 21.8. The molecule has 0 aliphatic carbocycles. The second-order valence-electron chi connectivity index (χ2n) is 7.33. The van der Waals surface area contributed by atoms with Crippen molar-refractivity contribution in [3.63, 3.8) is 0 Å². The van der Waals surface area contributed by atoms with Gasteiger partial charge in [0.1, 0.15) is 19.0 Å². The van der Waals surface area contributed by atoms with Crippen LogP contribution in [0.5, 0.6) is 11.5 Å². The van der Waals surface area contributed by atoms with Crippen LogP contribution in [0.2, 0.25) is 0 Å². The highest BCUT2D eigenvalue weighted by molar-refractivity contribution is 6.00. The molecular weight excluding hydrogens is 405 g/mol. The van der Waals surface area contributed by atoms with Crippen molar-refractivity contribution in [3.8, 4) is 11.5 Å². The van der Waals surface area contributed by atoms with E-state index >= 15 is 0 Å². The van der Waals surface area contributed by atoms with Crippen molar-refractivity contribution in [2.75, 3.05) is 36.5 Å². The highest BCUT2D eigenvalue weighted by atomic mass is 19.1. The molecule has 2 aromatic carbocycles. The summed E-state index contributed by atoms with van der Waals surface area (Å²) >= 11 is 0. The van der Waals surface area contributed by atoms with Gasteiger partial charge in [-0.25, -0.2) is 4.39 Å². The number of fused-ring (bicyclic) bond motifs is 1. The van der Waals surface area contributed by atoms with Gasteiger partial charge in [0, 0.05) is 43.4 Å². The van der Waals surface area contributed by atoms with Gasteiger partial charge in [0.2, 0.25) is 17.7 Å². The maximum absolute atomic E-state index is 13.1. The van der Waals surface area contributed by atoms with E-state index in [1.165, 1.54) is 29.2 Å². The number of halogens is 1. The first-order chi connectivity index (χ1) is 15.0. The van der Waals surface area contributed by atoms with Crippen molar-refractivity contribution in [3.05, 3.63) is 48.3 Å². The number of amides is 3. The molecule has 0 saturated carbocycles. The molecule has 9 heteroatoms. The van der Waals surface area contributed by atoms with Crippen molar-refractivity contribution in [2.45, 2.75) is 12.8 Å². The second-order valence-corrected chi connectivity index (χ2v) is 7.33. The van der Waals surface area contributed by atoms with E-state index in [0.29, 0.717) is 36.1 Å². The third-order valence-electron chi connectivity index (χ3n) is 5.11. The van der Waals surface area contributed by atoms with Crippen molar-refractivity contribution >= 4 is 29.1 Å². The Balaban J connectivity index is 1.23. The number of ether oxygens (including phenoxy) is 2. The molecule has 162 valence electrons. The second kappa shape index (κ2) is 9.03. The van der Waals surface area contributed by atoms with Crippen molar-refractivity contribution < 1.29 is 28.2 Å². The fraction of sp³-hybridized carbons (Fsp3) is 0.318. The molecular formula is C22H22FN3O5. The van der Waals surface area contributed by atoms with E-state index in [1.807, 2.05) is 0 Å². The molecule has 2 aliphatic rings. The molecule has 0 bridgehead atoms. The van der Waals surface area contributed by atoms with Crippen LogP contribution in [0.3, 0.4) is 0 Å². The number of carbonyl (C=O) groups is 3. The average molecular weight is 427 g/mol. The van der Waals surface area contributed by atoms with Gasteiger partial charge in [-0.2, -0.15) is 0 Å². The molecule has 0 unspecified atom stereocenters. The molecule has 1 atom stereocenters. The van der Waals surface area contributed by atoms with Gasteiger partial charge < -0.3 is 25.0 Å². The van der Waals surface area contributed by atoms with E-state index < -0.39 is 5.92 Å². The van der Waals surface area contributed by atoms with Crippen LogP contribution in [0.4, 0.5) is 15.8 Å². The fourth-order valence-corrected chi connectivity index (χ4v) is 3.54. The summed E-state index contributed by atoms with van der Waals surface area (Å²) in [7, 11) is 0. The largest absolute Gasteiger partial charge is 0.486 e. The Labute approximate surface area is 178 Å².